The normalized spacial score (nSPS) is 11.8. The summed E-state index contributed by atoms with van der Waals surface area (Å²) in [5.41, 5.74) is 17.8. The van der Waals surface area contributed by atoms with E-state index in [1.54, 1.807) is 0 Å². The maximum Gasteiger partial charge on any atom is 0.112 e. The Kier molecular flexibility index (Phi) is 13.6. The fourth-order valence-electron chi connectivity index (χ4n) is 11.7. The fraction of sp³-hybridized carbons (Fsp3) is 0.108. The molecule has 0 N–H and O–H groups in total. The van der Waals surface area contributed by atoms with Gasteiger partial charge in [0, 0.05) is 32.9 Å². The Bertz CT molecular complexity index is 4090. The molecule has 2 aromatic heterocycles. The lowest BCUT2D eigenvalue weighted by molar-refractivity contribution is 1.14. The van der Waals surface area contributed by atoms with Crippen molar-refractivity contribution < 1.29 is 0 Å². The molecule has 0 amide bonds. The van der Waals surface area contributed by atoms with Crippen LogP contribution in [-0.2, 0) is 12.8 Å². The summed E-state index contributed by atoms with van der Waals surface area (Å²) < 4.78 is 4.76. The van der Waals surface area contributed by atoms with Gasteiger partial charge in [0.05, 0.1) is 22.1 Å². The Labute approximate surface area is 462 Å². The van der Waals surface area contributed by atoms with E-state index in [4.69, 9.17) is 0 Å². The molecule has 0 aliphatic carbocycles. The summed E-state index contributed by atoms with van der Waals surface area (Å²) in [6, 6.07) is 98.8. The number of fused-ring (bicyclic) bond motifs is 6. The van der Waals surface area contributed by atoms with Crippen LogP contribution in [-0.4, -0.2) is 25.3 Å². The van der Waals surface area contributed by atoms with Crippen molar-refractivity contribution >= 4 is 80.5 Å². The Morgan fingerprint density at radius 3 is 0.705 bits per heavy atom. The third-order valence-electron chi connectivity index (χ3n) is 16.7. The monoisotopic (exact) mass is 1040 g/mol. The predicted molar refractivity (Wildman–Crippen MR) is 343 cm³/mol. The molecule has 13 aromatic rings. The van der Waals surface area contributed by atoms with E-state index in [0.717, 1.165) is 12.8 Å². The molecule has 0 atom stereocenters. The van der Waals surface area contributed by atoms with Crippen molar-refractivity contribution in [2.24, 2.45) is 0 Å². The average molecular weight is 1040 g/mol. The first-order chi connectivity index (χ1) is 38.1. The summed E-state index contributed by atoms with van der Waals surface area (Å²) >= 11 is 0. The van der Waals surface area contributed by atoms with Gasteiger partial charge in [-0.25, -0.2) is 0 Å². The highest BCUT2D eigenvalue weighted by Gasteiger charge is 2.27. The average Bonchev–Trinajstić information content (AvgIpc) is 4.04. The van der Waals surface area contributed by atoms with Crippen molar-refractivity contribution in [1.29, 1.82) is 0 Å². The number of benzene rings is 11. The zero-order valence-corrected chi connectivity index (χ0v) is 47.7. The first-order valence-corrected chi connectivity index (χ1v) is 33.8. The minimum Gasteiger partial charge on any atom is -0.309 e. The molecule has 0 radical (unpaired) electrons. The Morgan fingerprint density at radius 2 is 0.449 bits per heavy atom. The number of rotatable bonds is 11. The Hall–Kier alpha value is -8.55. The highest BCUT2D eigenvalue weighted by Crippen LogP contribution is 2.34. The van der Waals surface area contributed by atoms with Gasteiger partial charge in [-0.2, -0.15) is 0 Å². The van der Waals surface area contributed by atoms with Crippen molar-refractivity contribution in [3.05, 3.63) is 278 Å². The van der Waals surface area contributed by atoms with Crippen LogP contribution in [0.4, 0.5) is 0 Å². The molecule has 0 fully saturated rings. The SMILES string of the molecule is CCc1ccc(-c2ccc([Si](C)(C)c3ccc(-c4ccc(-n5c6ccccc6c6ccccc65)cc4)cc3)cc2)cc1.CCc1ccc(-c2ccc([Si](C)(C)c3ccc(-n4c5ccccc5c5ccccc54)cc3)cc2)cc1. The van der Waals surface area contributed by atoms with Crippen LogP contribution in [0.25, 0.3) is 88.4 Å². The van der Waals surface area contributed by atoms with Crippen LogP contribution < -0.4 is 20.7 Å². The van der Waals surface area contributed by atoms with Crippen molar-refractivity contribution in [2.45, 2.75) is 52.9 Å². The van der Waals surface area contributed by atoms with Gasteiger partial charge in [-0.3, -0.25) is 0 Å². The lowest BCUT2D eigenvalue weighted by Crippen LogP contribution is -2.52. The van der Waals surface area contributed by atoms with Crippen LogP contribution in [0.5, 0.6) is 0 Å². The van der Waals surface area contributed by atoms with Crippen molar-refractivity contribution in [2.75, 3.05) is 0 Å². The largest absolute Gasteiger partial charge is 0.309 e. The summed E-state index contributed by atoms with van der Waals surface area (Å²) in [7, 11) is -3.64. The van der Waals surface area contributed by atoms with E-state index in [2.05, 4.69) is 316 Å². The van der Waals surface area contributed by atoms with E-state index < -0.39 is 16.1 Å². The molecule has 0 aliphatic rings. The third-order valence-corrected chi connectivity index (χ3v) is 23.8. The quantitative estimate of drug-likeness (QED) is 0.114. The molecule has 0 spiro atoms. The molecule has 4 heteroatoms. The molecule has 380 valence electrons. The Morgan fingerprint density at radius 1 is 0.244 bits per heavy atom. The van der Waals surface area contributed by atoms with E-state index in [0.29, 0.717) is 0 Å². The van der Waals surface area contributed by atoms with E-state index in [1.165, 1.54) is 120 Å². The van der Waals surface area contributed by atoms with Gasteiger partial charge in [0.15, 0.2) is 0 Å². The summed E-state index contributed by atoms with van der Waals surface area (Å²) in [5.74, 6) is 0. The van der Waals surface area contributed by atoms with Crippen LogP contribution in [0.1, 0.15) is 25.0 Å². The van der Waals surface area contributed by atoms with E-state index in [-0.39, 0.29) is 0 Å². The molecule has 2 heterocycles. The first-order valence-electron chi connectivity index (χ1n) is 27.8. The number of nitrogens with zero attached hydrogens (tertiary/aromatic N) is 2. The number of hydrogen-bond donors (Lipinski definition) is 0. The van der Waals surface area contributed by atoms with Crippen LogP contribution in [0.3, 0.4) is 0 Å². The smallest absolute Gasteiger partial charge is 0.112 e. The summed E-state index contributed by atoms with van der Waals surface area (Å²) in [6.45, 7) is 14.2. The lowest BCUT2D eigenvalue weighted by Gasteiger charge is -2.24. The standard InChI is InChI=1S/C40H35NSi.C34H31NSi/c1-4-29-13-15-30(16-14-29)32-19-25-35(26-20-32)42(2,3)36-27-21-33(22-28-36)31-17-23-34(24-18-31)41-39-11-7-5-9-37(39)38-10-6-8-12-40(38)41;1-4-25-13-15-26(16-14-25)27-17-21-29(22-18-27)36(2,3)30-23-19-28(20-24-30)35-33-11-7-5-9-31(33)32-10-6-8-12-34(32)35/h5-28H,4H2,1-3H3;5-24H,4H2,1-3H3. The van der Waals surface area contributed by atoms with E-state index >= 15 is 0 Å². The highest BCUT2D eigenvalue weighted by atomic mass is 28.3. The molecule has 11 aromatic carbocycles. The minimum absolute atomic E-state index is 1.08. The minimum atomic E-state index is -1.82. The second-order valence-electron chi connectivity index (χ2n) is 21.9. The van der Waals surface area contributed by atoms with Gasteiger partial charge in [-0.05, 0) is 106 Å². The van der Waals surface area contributed by atoms with Crippen LogP contribution >= 0.6 is 0 Å². The molecule has 0 unspecified atom stereocenters. The molecule has 13 rings (SSSR count). The summed E-state index contributed by atoms with van der Waals surface area (Å²) in [6.07, 6.45) is 2.15. The van der Waals surface area contributed by atoms with Crippen molar-refractivity contribution in [3.63, 3.8) is 0 Å². The molecule has 0 saturated heterocycles. The molecular formula is C74H66N2Si2. The number of hydrogen-bond acceptors (Lipinski definition) is 0. The van der Waals surface area contributed by atoms with Gasteiger partial charge >= 0.3 is 0 Å². The maximum atomic E-state index is 2.45. The van der Waals surface area contributed by atoms with Crippen LogP contribution in [0, 0.1) is 0 Å². The van der Waals surface area contributed by atoms with Crippen LogP contribution in [0.15, 0.2) is 267 Å². The van der Waals surface area contributed by atoms with E-state index in [9.17, 15) is 0 Å². The predicted octanol–water partition coefficient (Wildman–Crippen LogP) is 17.3. The fourth-order valence-corrected chi connectivity index (χ4v) is 16.3. The topological polar surface area (TPSA) is 9.86 Å². The van der Waals surface area contributed by atoms with Crippen LogP contribution in [0.2, 0.25) is 26.2 Å². The van der Waals surface area contributed by atoms with Gasteiger partial charge in [-0.15, -0.1) is 0 Å². The van der Waals surface area contributed by atoms with Gasteiger partial charge in [0.2, 0.25) is 0 Å². The zero-order valence-electron chi connectivity index (χ0n) is 45.7. The number of para-hydroxylation sites is 4. The number of aryl methyl sites for hydroxylation is 2. The zero-order chi connectivity index (χ0) is 53.4. The molecular weight excluding hydrogens is 973 g/mol. The molecule has 0 aliphatic heterocycles. The van der Waals surface area contributed by atoms with Crippen molar-refractivity contribution in [1.82, 2.24) is 9.13 Å². The van der Waals surface area contributed by atoms with Gasteiger partial charge in [0.1, 0.15) is 16.1 Å². The maximum absolute atomic E-state index is 2.45. The first kappa shape index (κ1) is 50.3. The summed E-state index contributed by atoms with van der Waals surface area (Å²) in [5, 5.41) is 11.0. The van der Waals surface area contributed by atoms with Gasteiger partial charge in [0.25, 0.3) is 0 Å². The Balaban J connectivity index is 0.000000158. The second kappa shape index (κ2) is 21.1. The molecule has 2 nitrogen and oxygen atoms in total. The highest BCUT2D eigenvalue weighted by molar-refractivity contribution is 7.01. The third kappa shape index (κ3) is 9.46. The number of aromatic nitrogens is 2. The molecule has 0 bridgehead atoms. The summed E-state index contributed by atoms with van der Waals surface area (Å²) in [4.78, 5) is 0. The van der Waals surface area contributed by atoms with Gasteiger partial charge < -0.3 is 9.13 Å². The van der Waals surface area contributed by atoms with Gasteiger partial charge in [-0.1, -0.05) is 279 Å². The van der Waals surface area contributed by atoms with Crippen molar-refractivity contribution in [3.8, 4) is 44.8 Å². The van der Waals surface area contributed by atoms with E-state index in [1.807, 2.05) is 0 Å². The molecule has 0 saturated carbocycles. The second-order valence-corrected chi connectivity index (χ2v) is 30.7. The lowest BCUT2D eigenvalue weighted by atomic mass is 10.0. The molecule has 78 heavy (non-hydrogen) atoms.